The Morgan fingerprint density at radius 3 is 2.40 bits per heavy atom. The van der Waals surface area contributed by atoms with Crippen molar-refractivity contribution in [2.45, 2.75) is 0 Å². The number of nitro groups is 1. The molecule has 1 rings (SSSR count). The average Bonchev–Trinajstić information content (AvgIpc) is 2.16. The van der Waals surface area contributed by atoms with E-state index in [0.29, 0.717) is 0 Å². The van der Waals surface area contributed by atoms with E-state index in [0.717, 1.165) is 12.1 Å². The quantitative estimate of drug-likeness (QED) is 0.475. The lowest BCUT2D eigenvalue weighted by atomic mass is 10.1. The minimum atomic E-state index is -0.960. The number of amides is 1. The van der Waals surface area contributed by atoms with Crippen LogP contribution in [0.5, 0.6) is 0 Å². The van der Waals surface area contributed by atoms with Crippen LogP contribution in [0.15, 0.2) is 18.2 Å². The van der Waals surface area contributed by atoms with E-state index >= 15 is 0 Å². The fraction of sp³-hybridized carbons (Fsp3) is 0. The third-order valence-electron chi connectivity index (χ3n) is 1.69. The molecule has 0 saturated carbocycles. The molecule has 0 heterocycles. The van der Waals surface area contributed by atoms with Crippen LogP contribution in [0.25, 0.3) is 0 Å². The number of carbonyl (C=O) groups is 2. The van der Waals surface area contributed by atoms with Crippen molar-refractivity contribution in [3.63, 3.8) is 0 Å². The SMILES string of the molecule is NC(=O)c1ccc(C(=O)Cl)c([N+](=O)[O-])c1. The topological polar surface area (TPSA) is 103 Å². The van der Waals surface area contributed by atoms with Gasteiger partial charge in [-0.2, -0.15) is 0 Å². The number of nitrogens with two attached hydrogens (primary N) is 1. The van der Waals surface area contributed by atoms with E-state index in [9.17, 15) is 19.7 Å². The minimum Gasteiger partial charge on any atom is -0.366 e. The zero-order valence-corrected chi connectivity index (χ0v) is 8.02. The Morgan fingerprint density at radius 1 is 1.40 bits per heavy atom. The van der Waals surface area contributed by atoms with Gasteiger partial charge in [0.05, 0.1) is 4.92 Å². The van der Waals surface area contributed by atoms with Gasteiger partial charge in [0.1, 0.15) is 5.56 Å². The molecule has 0 saturated heterocycles. The van der Waals surface area contributed by atoms with E-state index in [2.05, 4.69) is 0 Å². The molecule has 1 aromatic rings. The van der Waals surface area contributed by atoms with Crippen molar-refractivity contribution in [1.29, 1.82) is 0 Å². The Hall–Kier alpha value is -1.95. The second-order valence-electron chi connectivity index (χ2n) is 2.63. The van der Waals surface area contributed by atoms with Gasteiger partial charge in [-0.25, -0.2) is 0 Å². The second kappa shape index (κ2) is 4.05. The molecule has 1 aromatic carbocycles. The molecule has 0 spiro atoms. The average molecular weight is 229 g/mol. The fourth-order valence-corrected chi connectivity index (χ4v) is 1.16. The third-order valence-corrected chi connectivity index (χ3v) is 1.89. The minimum absolute atomic E-state index is 0.0524. The number of hydrogen-bond donors (Lipinski definition) is 1. The van der Waals surface area contributed by atoms with Gasteiger partial charge in [0.25, 0.3) is 10.9 Å². The number of rotatable bonds is 3. The summed E-state index contributed by atoms with van der Waals surface area (Å²) >= 11 is 5.12. The summed E-state index contributed by atoms with van der Waals surface area (Å²) in [5.74, 6) is -0.813. The molecule has 0 radical (unpaired) electrons. The molecule has 0 bridgehead atoms. The van der Waals surface area contributed by atoms with E-state index < -0.39 is 21.8 Å². The van der Waals surface area contributed by atoms with Gasteiger partial charge in [-0.05, 0) is 23.7 Å². The first-order valence-corrected chi connectivity index (χ1v) is 4.09. The number of halogens is 1. The van der Waals surface area contributed by atoms with Crippen LogP contribution in [0.3, 0.4) is 0 Å². The summed E-state index contributed by atoms with van der Waals surface area (Å²) in [6, 6.07) is 3.20. The van der Waals surface area contributed by atoms with Crippen LogP contribution >= 0.6 is 11.6 Å². The summed E-state index contributed by atoms with van der Waals surface area (Å²) in [5.41, 5.74) is 4.07. The van der Waals surface area contributed by atoms with Gasteiger partial charge < -0.3 is 5.73 Å². The standard InChI is InChI=1S/C8H5ClN2O4/c9-7(12)5-2-1-4(8(10)13)3-6(5)11(14)15/h1-3H,(H2,10,13). The molecule has 1 amide bonds. The summed E-state index contributed by atoms with van der Waals surface area (Å²) in [5, 5.41) is 9.58. The highest BCUT2D eigenvalue weighted by Crippen LogP contribution is 2.21. The van der Waals surface area contributed by atoms with Crippen molar-refractivity contribution in [2.24, 2.45) is 5.73 Å². The maximum absolute atomic E-state index is 10.8. The van der Waals surface area contributed by atoms with Crippen LogP contribution in [-0.2, 0) is 0 Å². The Morgan fingerprint density at radius 2 is 2.00 bits per heavy atom. The Balaban J connectivity index is 3.40. The Labute approximate surface area is 88.8 Å². The number of nitrogens with zero attached hydrogens (tertiary/aromatic N) is 1. The first-order valence-electron chi connectivity index (χ1n) is 3.71. The zero-order chi connectivity index (χ0) is 11.6. The van der Waals surface area contributed by atoms with Crippen molar-refractivity contribution in [2.75, 3.05) is 0 Å². The highest BCUT2D eigenvalue weighted by Gasteiger charge is 2.20. The van der Waals surface area contributed by atoms with Crippen molar-refractivity contribution >= 4 is 28.4 Å². The van der Waals surface area contributed by atoms with Gasteiger partial charge in [-0.3, -0.25) is 19.7 Å². The maximum Gasteiger partial charge on any atom is 0.282 e. The number of nitro benzene ring substituents is 1. The van der Waals surface area contributed by atoms with Crippen LogP contribution in [-0.4, -0.2) is 16.1 Å². The molecular formula is C8H5ClN2O4. The van der Waals surface area contributed by atoms with Crippen molar-refractivity contribution in [3.05, 3.63) is 39.4 Å². The number of hydrogen-bond acceptors (Lipinski definition) is 4. The van der Waals surface area contributed by atoms with Crippen LogP contribution < -0.4 is 5.73 Å². The lowest BCUT2D eigenvalue weighted by Gasteiger charge is -1.99. The fourth-order valence-electron chi connectivity index (χ4n) is 1.00. The largest absolute Gasteiger partial charge is 0.366 e. The van der Waals surface area contributed by atoms with E-state index in [1.54, 1.807) is 0 Å². The lowest BCUT2D eigenvalue weighted by Crippen LogP contribution is -2.12. The number of benzene rings is 1. The monoisotopic (exact) mass is 228 g/mol. The maximum atomic E-state index is 10.8. The molecule has 15 heavy (non-hydrogen) atoms. The van der Waals surface area contributed by atoms with E-state index in [1.165, 1.54) is 6.07 Å². The van der Waals surface area contributed by atoms with Gasteiger partial charge in [0.2, 0.25) is 5.91 Å². The number of primary amides is 1. The van der Waals surface area contributed by atoms with E-state index in [4.69, 9.17) is 17.3 Å². The molecule has 0 aliphatic heterocycles. The molecule has 0 aliphatic rings. The van der Waals surface area contributed by atoms with Crippen LogP contribution in [0.4, 0.5) is 5.69 Å². The predicted molar refractivity (Wildman–Crippen MR) is 51.8 cm³/mol. The van der Waals surface area contributed by atoms with Crippen molar-refractivity contribution in [1.82, 2.24) is 0 Å². The van der Waals surface area contributed by atoms with Gasteiger partial charge in [-0.15, -0.1) is 0 Å². The lowest BCUT2D eigenvalue weighted by molar-refractivity contribution is -0.385. The van der Waals surface area contributed by atoms with Crippen molar-refractivity contribution in [3.8, 4) is 0 Å². The molecule has 0 aromatic heterocycles. The summed E-state index contributed by atoms with van der Waals surface area (Å²) in [4.78, 5) is 31.3. The first kappa shape index (κ1) is 11.1. The summed E-state index contributed by atoms with van der Waals surface area (Å²) < 4.78 is 0. The summed E-state index contributed by atoms with van der Waals surface area (Å²) in [7, 11) is 0. The van der Waals surface area contributed by atoms with Crippen LogP contribution in [0.1, 0.15) is 20.7 Å². The smallest absolute Gasteiger partial charge is 0.282 e. The van der Waals surface area contributed by atoms with E-state index in [-0.39, 0.29) is 11.1 Å². The molecule has 0 atom stereocenters. The Bertz CT molecular complexity index is 458. The summed E-state index contributed by atoms with van der Waals surface area (Å²) in [6.45, 7) is 0. The van der Waals surface area contributed by atoms with Crippen molar-refractivity contribution < 1.29 is 14.5 Å². The van der Waals surface area contributed by atoms with Gasteiger partial charge in [0, 0.05) is 11.6 Å². The van der Waals surface area contributed by atoms with Gasteiger partial charge >= 0.3 is 0 Å². The normalized spacial score (nSPS) is 9.67. The second-order valence-corrected chi connectivity index (χ2v) is 2.97. The molecule has 0 aliphatic carbocycles. The molecule has 0 fully saturated rings. The Kier molecular flexibility index (Phi) is 3.01. The van der Waals surface area contributed by atoms with Gasteiger partial charge in [-0.1, -0.05) is 0 Å². The molecule has 6 nitrogen and oxygen atoms in total. The highest BCUT2D eigenvalue weighted by molar-refractivity contribution is 6.68. The number of carbonyl (C=O) groups excluding carboxylic acids is 2. The predicted octanol–water partition coefficient (Wildman–Crippen LogP) is 1.07. The first-order chi connectivity index (χ1) is 6.93. The molecule has 7 heteroatoms. The molecule has 0 unspecified atom stereocenters. The zero-order valence-electron chi connectivity index (χ0n) is 7.27. The van der Waals surface area contributed by atoms with E-state index in [1.807, 2.05) is 0 Å². The van der Waals surface area contributed by atoms with Crippen LogP contribution in [0.2, 0.25) is 0 Å². The molecule has 78 valence electrons. The van der Waals surface area contributed by atoms with Gasteiger partial charge in [0.15, 0.2) is 0 Å². The molecular weight excluding hydrogens is 224 g/mol. The highest BCUT2D eigenvalue weighted by atomic mass is 35.5. The third kappa shape index (κ3) is 2.29. The van der Waals surface area contributed by atoms with Crippen LogP contribution in [0, 0.1) is 10.1 Å². The molecule has 2 N–H and O–H groups in total. The summed E-state index contributed by atoms with van der Waals surface area (Å²) in [6.07, 6.45) is 0.